The Morgan fingerprint density at radius 1 is 1.27 bits per heavy atom. The van der Waals surface area contributed by atoms with E-state index >= 15 is 0 Å². The molecule has 9 nitrogen and oxygen atoms in total. The summed E-state index contributed by atoms with van der Waals surface area (Å²) >= 11 is 0. The molecule has 3 rings (SSSR count). The first-order chi connectivity index (χ1) is 12.6. The number of hydrogen-bond donors (Lipinski definition) is 1. The van der Waals surface area contributed by atoms with Crippen molar-refractivity contribution in [3.63, 3.8) is 0 Å². The third-order valence-electron chi connectivity index (χ3n) is 4.44. The lowest BCUT2D eigenvalue weighted by atomic mass is 10.2. The zero-order valence-corrected chi connectivity index (χ0v) is 14.9. The van der Waals surface area contributed by atoms with E-state index in [-0.39, 0.29) is 11.5 Å². The minimum atomic E-state index is -0.427. The summed E-state index contributed by atoms with van der Waals surface area (Å²) in [5.41, 5.74) is 0.549. The average molecular weight is 358 g/mol. The Kier molecular flexibility index (Phi) is 5.47. The van der Waals surface area contributed by atoms with Gasteiger partial charge in [-0.25, -0.2) is 9.97 Å². The molecular formula is C17H22N6O3. The lowest BCUT2D eigenvalue weighted by Crippen LogP contribution is -2.46. The van der Waals surface area contributed by atoms with E-state index < -0.39 is 4.92 Å². The van der Waals surface area contributed by atoms with Gasteiger partial charge in [-0.15, -0.1) is 0 Å². The van der Waals surface area contributed by atoms with E-state index in [4.69, 9.17) is 4.74 Å². The van der Waals surface area contributed by atoms with Gasteiger partial charge < -0.3 is 19.9 Å². The minimum Gasteiger partial charge on any atom is -0.497 e. The third kappa shape index (κ3) is 3.83. The van der Waals surface area contributed by atoms with Crippen molar-refractivity contribution in [1.82, 2.24) is 14.9 Å². The van der Waals surface area contributed by atoms with E-state index in [1.165, 1.54) is 6.33 Å². The molecule has 1 N–H and O–H groups in total. The molecule has 9 heteroatoms. The van der Waals surface area contributed by atoms with E-state index in [9.17, 15) is 10.1 Å². The Morgan fingerprint density at radius 3 is 2.69 bits per heavy atom. The summed E-state index contributed by atoms with van der Waals surface area (Å²) in [5, 5.41) is 14.8. The quantitative estimate of drug-likeness (QED) is 0.620. The monoisotopic (exact) mass is 358 g/mol. The van der Waals surface area contributed by atoms with E-state index in [0.717, 1.165) is 19.6 Å². The Hall–Kier alpha value is -2.94. The summed E-state index contributed by atoms with van der Waals surface area (Å²) in [6, 6.07) is 7.16. The van der Waals surface area contributed by atoms with Gasteiger partial charge in [0, 0.05) is 37.9 Å². The van der Waals surface area contributed by atoms with Crippen LogP contribution in [0.25, 0.3) is 0 Å². The van der Waals surface area contributed by atoms with Gasteiger partial charge in [-0.3, -0.25) is 10.1 Å². The maximum Gasteiger partial charge on any atom is 0.353 e. The standard InChI is InChI=1S/C17H22N6O3/c1-3-21-7-9-22(10-8-21)17-15(23(24)25)16(18-12-19-17)20-13-5-4-6-14(11-13)26-2/h4-6,11-12H,3,7-10H2,1-2H3,(H,18,19,20). The molecule has 0 radical (unpaired) electrons. The van der Waals surface area contributed by atoms with Crippen LogP contribution in [-0.4, -0.2) is 59.6 Å². The van der Waals surface area contributed by atoms with E-state index in [1.54, 1.807) is 31.4 Å². The van der Waals surface area contributed by atoms with Crippen molar-refractivity contribution in [2.24, 2.45) is 0 Å². The number of benzene rings is 1. The molecular weight excluding hydrogens is 336 g/mol. The number of aromatic nitrogens is 2. The number of nitrogens with one attached hydrogen (secondary N) is 1. The number of likely N-dealkylation sites (N-methyl/N-ethyl adjacent to an activating group) is 1. The summed E-state index contributed by atoms with van der Waals surface area (Å²) in [6.45, 7) is 6.20. The largest absolute Gasteiger partial charge is 0.497 e. The van der Waals surface area contributed by atoms with Crippen LogP contribution in [0.2, 0.25) is 0 Å². The summed E-state index contributed by atoms with van der Waals surface area (Å²) in [7, 11) is 1.57. The SMILES string of the molecule is CCN1CCN(c2ncnc(Nc3cccc(OC)c3)c2[N+](=O)[O-])CC1. The van der Waals surface area contributed by atoms with Crippen LogP contribution < -0.4 is 15.0 Å². The maximum atomic E-state index is 11.7. The van der Waals surface area contributed by atoms with Crippen molar-refractivity contribution in [2.45, 2.75) is 6.92 Å². The number of nitro groups is 1. The molecule has 0 bridgehead atoms. The number of methoxy groups -OCH3 is 1. The molecule has 1 aliphatic rings. The molecule has 1 aromatic carbocycles. The van der Waals surface area contributed by atoms with Crippen LogP contribution in [0.4, 0.5) is 23.0 Å². The van der Waals surface area contributed by atoms with Crippen molar-refractivity contribution in [3.05, 3.63) is 40.7 Å². The van der Waals surface area contributed by atoms with Gasteiger partial charge in [0.2, 0.25) is 11.6 Å². The summed E-state index contributed by atoms with van der Waals surface area (Å²) in [4.78, 5) is 23.9. The predicted molar refractivity (Wildman–Crippen MR) is 99.3 cm³/mol. The Balaban J connectivity index is 1.90. The first-order valence-corrected chi connectivity index (χ1v) is 8.50. The maximum absolute atomic E-state index is 11.7. The number of nitrogens with zero attached hydrogens (tertiary/aromatic N) is 5. The first-order valence-electron chi connectivity index (χ1n) is 8.50. The van der Waals surface area contributed by atoms with Crippen LogP contribution in [0.3, 0.4) is 0 Å². The molecule has 1 aliphatic heterocycles. The lowest BCUT2D eigenvalue weighted by Gasteiger charge is -2.34. The highest BCUT2D eigenvalue weighted by Gasteiger charge is 2.29. The highest BCUT2D eigenvalue weighted by atomic mass is 16.6. The Labute approximate surface area is 151 Å². The molecule has 0 atom stereocenters. The van der Waals surface area contributed by atoms with Gasteiger partial charge in [0.1, 0.15) is 12.1 Å². The minimum absolute atomic E-state index is 0.111. The summed E-state index contributed by atoms with van der Waals surface area (Å²) < 4.78 is 5.19. The van der Waals surface area contributed by atoms with Gasteiger partial charge in [-0.2, -0.15) is 0 Å². The smallest absolute Gasteiger partial charge is 0.353 e. The van der Waals surface area contributed by atoms with Gasteiger partial charge in [0.15, 0.2) is 0 Å². The van der Waals surface area contributed by atoms with Crippen molar-refractivity contribution >= 4 is 23.0 Å². The fourth-order valence-electron chi connectivity index (χ4n) is 2.97. The van der Waals surface area contributed by atoms with Crippen LogP contribution in [0.5, 0.6) is 5.75 Å². The van der Waals surface area contributed by atoms with Crippen LogP contribution >= 0.6 is 0 Å². The molecule has 0 unspecified atom stereocenters. The number of rotatable bonds is 6. The van der Waals surface area contributed by atoms with Gasteiger partial charge in [0.05, 0.1) is 12.0 Å². The molecule has 1 fully saturated rings. The molecule has 138 valence electrons. The topological polar surface area (TPSA) is 96.7 Å². The molecule has 1 saturated heterocycles. The highest BCUT2D eigenvalue weighted by molar-refractivity contribution is 5.74. The van der Waals surface area contributed by atoms with Crippen molar-refractivity contribution in [3.8, 4) is 5.75 Å². The molecule has 0 spiro atoms. The second-order valence-corrected chi connectivity index (χ2v) is 5.93. The normalized spacial score (nSPS) is 14.9. The fourth-order valence-corrected chi connectivity index (χ4v) is 2.97. The average Bonchev–Trinajstić information content (AvgIpc) is 2.68. The van der Waals surface area contributed by atoms with Crippen LogP contribution in [-0.2, 0) is 0 Å². The van der Waals surface area contributed by atoms with Gasteiger partial charge in [0.25, 0.3) is 0 Å². The zero-order chi connectivity index (χ0) is 18.5. The zero-order valence-electron chi connectivity index (χ0n) is 14.9. The predicted octanol–water partition coefficient (Wildman–Crippen LogP) is 2.28. The third-order valence-corrected chi connectivity index (χ3v) is 4.44. The number of piperazine rings is 1. The van der Waals surface area contributed by atoms with E-state index in [2.05, 4.69) is 27.1 Å². The van der Waals surface area contributed by atoms with Crippen LogP contribution in [0, 0.1) is 10.1 Å². The van der Waals surface area contributed by atoms with Crippen molar-refractivity contribution < 1.29 is 9.66 Å². The number of ether oxygens (including phenoxy) is 1. The second kappa shape index (κ2) is 7.96. The fraction of sp³-hybridized carbons (Fsp3) is 0.412. The van der Waals surface area contributed by atoms with Crippen LogP contribution in [0.1, 0.15) is 6.92 Å². The van der Waals surface area contributed by atoms with Crippen LogP contribution in [0.15, 0.2) is 30.6 Å². The number of hydrogen-bond acceptors (Lipinski definition) is 8. The van der Waals surface area contributed by atoms with Gasteiger partial charge in [-0.05, 0) is 18.7 Å². The number of anilines is 3. The molecule has 26 heavy (non-hydrogen) atoms. The molecule has 1 aromatic heterocycles. The van der Waals surface area contributed by atoms with Crippen molar-refractivity contribution in [1.29, 1.82) is 0 Å². The summed E-state index contributed by atoms with van der Waals surface area (Å²) in [6.07, 6.45) is 1.36. The van der Waals surface area contributed by atoms with Gasteiger partial charge in [-0.1, -0.05) is 13.0 Å². The van der Waals surface area contributed by atoms with E-state index in [1.807, 2.05) is 4.90 Å². The molecule has 2 heterocycles. The molecule has 0 saturated carbocycles. The van der Waals surface area contributed by atoms with Gasteiger partial charge >= 0.3 is 5.69 Å². The lowest BCUT2D eigenvalue weighted by molar-refractivity contribution is -0.383. The second-order valence-electron chi connectivity index (χ2n) is 5.93. The highest BCUT2D eigenvalue weighted by Crippen LogP contribution is 2.34. The molecule has 2 aromatic rings. The molecule has 0 amide bonds. The molecule has 0 aliphatic carbocycles. The Bertz CT molecular complexity index is 777. The van der Waals surface area contributed by atoms with E-state index in [0.29, 0.717) is 30.3 Å². The van der Waals surface area contributed by atoms with Crippen molar-refractivity contribution in [2.75, 3.05) is 50.1 Å². The Morgan fingerprint density at radius 2 is 2.04 bits per heavy atom. The first kappa shape index (κ1) is 17.9. The summed E-state index contributed by atoms with van der Waals surface area (Å²) in [5.74, 6) is 1.18.